The number of carbonyl (C=O) groups excluding carboxylic acids is 1. The maximum Gasteiger partial charge on any atom is 0.229 e. The van der Waals surface area contributed by atoms with Gasteiger partial charge in [-0.25, -0.2) is 0 Å². The van der Waals surface area contributed by atoms with Gasteiger partial charge in [-0.05, 0) is 29.3 Å². The molecule has 172 valence electrons. The van der Waals surface area contributed by atoms with Gasteiger partial charge in [0.15, 0.2) is 0 Å². The van der Waals surface area contributed by atoms with E-state index in [1.54, 1.807) is 0 Å². The molecule has 0 spiro atoms. The molecule has 0 radical (unpaired) electrons. The Morgan fingerprint density at radius 3 is 1.88 bits per heavy atom. The first-order valence-electron chi connectivity index (χ1n) is 11.5. The zero-order chi connectivity index (χ0) is 23.4. The molecule has 1 heterocycles. The molecule has 1 fully saturated rings. The van der Waals surface area contributed by atoms with E-state index in [2.05, 4.69) is 75.8 Å². The Hall–Kier alpha value is -2.82. The van der Waals surface area contributed by atoms with Gasteiger partial charge in [-0.2, -0.15) is 0 Å². The number of carbonyl (C=O) groups is 1. The van der Waals surface area contributed by atoms with Crippen LogP contribution in [0, 0.1) is 5.41 Å². The summed E-state index contributed by atoms with van der Waals surface area (Å²) in [6.07, 6.45) is 0. The minimum atomic E-state index is -0.449. The van der Waals surface area contributed by atoms with E-state index in [0.717, 1.165) is 37.6 Å². The van der Waals surface area contributed by atoms with E-state index in [9.17, 15) is 4.79 Å². The lowest BCUT2D eigenvalue weighted by atomic mass is 9.95. The van der Waals surface area contributed by atoms with Gasteiger partial charge in [0.25, 0.3) is 0 Å². The lowest BCUT2D eigenvalue weighted by molar-refractivity contribution is -0.123. The lowest BCUT2D eigenvalue weighted by Crippen LogP contribution is -2.48. The molecule has 5 heteroatoms. The van der Waals surface area contributed by atoms with Crippen molar-refractivity contribution in [3.8, 4) is 0 Å². The van der Waals surface area contributed by atoms with E-state index >= 15 is 0 Å². The van der Waals surface area contributed by atoms with Crippen molar-refractivity contribution in [1.82, 2.24) is 4.90 Å². The van der Waals surface area contributed by atoms with E-state index in [0.29, 0.717) is 5.02 Å². The standard InChI is InChI=1S/C28H32ClN3O/c1-28(2,3)27(33)30-23-14-15-25(24(29)20-23)31-16-18-32(19-17-31)26(21-10-6-4-7-11-21)22-12-8-5-9-13-22/h4-15,20,26H,16-19H2,1-3H3,(H,30,33). The SMILES string of the molecule is CC(C)(C)C(=O)Nc1ccc(N2CCN(C(c3ccccc3)c3ccccc3)CC2)c(Cl)c1. The molecule has 33 heavy (non-hydrogen) atoms. The van der Waals surface area contributed by atoms with Crippen molar-refractivity contribution in [2.45, 2.75) is 26.8 Å². The normalized spacial score (nSPS) is 15.0. The van der Waals surface area contributed by atoms with E-state index in [1.807, 2.05) is 39.0 Å². The van der Waals surface area contributed by atoms with Crippen LogP contribution >= 0.6 is 11.6 Å². The van der Waals surface area contributed by atoms with Crippen molar-refractivity contribution >= 4 is 28.9 Å². The summed E-state index contributed by atoms with van der Waals surface area (Å²) >= 11 is 6.64. The predicted molar refractivity (Wildman–Crippen MR) is 138 cm³/mol. The highest BCUT2D eigenvalue weighted by atomic mass is 35.5. The molecule has 1 aliphatic heterocycles. The molecular weight excluding hydrogens is 430 g/mol. The molecule has 1 amide bonds. The fourth-order valence-electron chi connectivity index (χ4n) is 4.27. The second kappa shape index (κ2) is 9.98. The number of hydrogen-bond donors (Lipinski definition) is 1. The van der Waals surface area contributed by atoms with E-state index in [1.165, 1.54) is 11.1 Å². The Labute approximate surface area is 202 Å². The third-order valence-corrected chi connectivity index (χ3v) is 6.44. The van der Waals surface area contributed by atoms with Gasteiger partial charge in [0.2, 0.25) is 5.91 Å². The minimum Gasteiger partial charge on any atom is -0.368 e. The number of amides is 1. The Morgan fingerprint density at radius 2 is 1.39 bits per heavy atom. The summed E-state index contributed by atoms with van der Waals surface area (Å²) < 4.78 is 0. The molecule has 0 unspecified atom stereocenters. The van der Waals surface area contributed by atoms with Gasteiger partial charge in [0, 0.05) is 37.3 Å². The second-order valence-corrected chi connectivity index (χ2v) is 10.0. The van der Waals surface area contributed by atoms with Crippen LogP contribution < -0.4 is 10.2 Å². The van der Waals surface area contributed by atoms with Gasteiger partial charge >= 0.3 is 0 Å². The molecule has 3 aromatic carbocycles. The average Bonchev–Trinajstić information content (AvgIpc) is 2.81. The number of rotatable bonds is 5. The topological polar surface area (TPSA) is 35.6 Å². The lowest BCUT2D eigenvalue weighted by Gasteiger charge is -2.41. The van der Waals surface area contributed by atoms with Crippen molar-refractivity contribution in [2.24, 2.45) is 5.41 Å². The molecule has 0 aromatic heterocycles. The third-order valence-electron chi connectivity index (χ3n) is 6.14. The Balaban J connectivity index is 1.47. The average molecular weight is 462 g/mol. The number of piperazine rings is 1. The van der Waals surface area contributed by atoms with Crippen molar-refractivity contribution in [2.75, 3.05) is 36.4 Å². The molecule has 1 aliphatic rings. The largest absolute Gasteiger partial charge is 0.368 e. The zero-order valence-corrected chi connectivity index (χ0v) is 20.3. The molecule has 4 rings (SSSR count). The van der Waals surface area contributed by atoms with Crippen LogP contribution in [0.1, 0.15) is 37.9 Å². The van der Waals surface area contributed by atoms with Crippen LogP contribution in [0.2, 0.25) is 5.02 Å². The molecule has 0 aliphatic carbocycles. The van der Waals surface area contributed by atoms with Gasteiger partial charge in [0.05, 0.1) is 16.8 Å². The number of halogens is 1. The summed E-state index contributed by atoms with van der Waals surface area (Å²) in [6.45, 7) is 9.36. The molecule has 0 saturated carbocycles. The quantitative estimate of drug-likeness (QED) is 0.488. The van der Waals surface area contributed by atoms with Gasteiger partial charge in [-0.15, -0.1) is 0 Å². The molecular formula is C28H32ClN3O. The second-order valence-electron chi connectivity index (χ2n) is 9.62. The van der Waals surface area contributed by atoms with Crippen molar-refractivity contribution in [3.05, 3.63) is 95.0 Å². The van der Waals surface area contributed by atoms with Crippen LogP contribution in [0.25, 0.3) is 0 Å². The third kappa shape index (κ3) is 5.58. The molecule has 0 atom stereocenters. The molecule has 0 bridgehead atoms. The first kappa shape index (κ1) is 23.3. The smallest absolute Gasteiger partial charge is 0.229 e. The predicted octanol–water partition coefficient (Wildman–Crippen LogP) is 6.24. The van der Waals surface area contributed by atoms with Crippen LogP contribution in [0.4, 0.5) is 11.4 Å². The molecule has 3 aromatic rings. The summed E-state index contributed by atoms with van der Waals surface area (Å²) in [7, 11) is 0. The number of anilines is 2. The fraction of sp³-hybridized carbons (Fsp3) is 0.321. The maximum atomic E-state index is 12.3. The summed E-state index contributed by atoms with van der Waals surface area (Å²) in [5, 5.41) is 3.63. The zero-order valence-electron chi connectivity index (χ0n) is 19.6. The Bertz CT molecular complexity index is 1030. The summed E-state index contributed by atoms with van der Waals surface area (Å²) in [5.74, 6) is -0.0206. The van der Waals surface area contributed by atoms with Crippen molar-refractivity contribution in [1.29, 1.82) is 0 Å². The summed E-state index contributed by atoms with van der Waals surface area (Å²) in [5.41, 5.74) is 3.93. The van der Waals surface area contributed by atoms with E-state index in [4.69, 9.17) is 11.6 Å². The molecule has 1 saturated heterocycles. The van der Waals surface area contributed by atoms with Crippen LogP contribution in [-0.2, 0) is 4.79 Å². The van der Waals surface area contributed by atoms with Crippen LogP contribution in [0.15, 0.2) is 78.9 Å². The van der Waals surface area contributed by atoms with Crippen molar-refractivity contribution in [3.63, 3.8) is 0 Å². The fourth-order valence-corrected chi connectivity index (χ4v) is 4.57. The van der Waals surface area contributed by atoms with Gasteiger partial charge < -0.3 is 10.2 Å². The summed E-state index contributed by atoms with van der Waals surface area (Å²) in [4.78, 5) is 17.2. The monoisotopic (exact) mass is 461 g/mol. The van der Waals surface area contributed by atoms with Gasteiger partial charge in [-0.3, -0.25) is 9.69 Å². The number of benzene rings is 3. The maximum absolute atomic E-state index is 12.3. The van der Waals surface area contributed by atoms with E-state index in [-0.39, 0.29) is 11.9 Å². The summed E-state index contributed by atoms with van der Waals surface area (Å²) in [6, 6.07) is 27.5. The first-order valence-corrected chi connectivity index (χ1v) is 11.9. The highest BCUT2D eigenvalue weighted by molar-refractivity contribution is 6.33. The first-order chi connectivity index (χ1) is 15.8. The number of nitrogens with zero attached hydrogens (tertiary/aromatic N) is 2. The van der Waals surface area contributed by atoms with E-state index < -0.39 is 5.41 Å². The minimum absolute atomic E-state index is 0.0206. The van der Waals surface area contributed by atoms with Gasteiger partial charge in [0.1, 0.15) is 0 Å². The Kier molecular flexibility index (Phi) is 7.06. The Morgan fingerprint density at radius 1 is 0.848 bits per heavy atom. The van der Waals surface area contributed by atoms with Crippen molar-refractivity contribution < 1.29 is 4.79 Å². The highest BCUT2D eigenvalue weighted by Gasteiger charge is 2.27. The van der Waals surface area contributed by atoms with Crippen LogP contribution in [-0.4, -0.2) is 37.0 Å². The highest BCUT2D eigenvalue weighted by Crippen LogP contribution is 2.33. The van der Waals surface area contributed by atoms with Gasteiger partial charge in [-0.1, -0.05) is 93.0 Å². The number of hydrogen-bond acceptors (Lipinski definition) is 3. The van der Waals surface area contributed by atoms with Crippen LogP contribution in [0.5, 0.6) is 0 Å². The number of nitrogens with one attached hydrogen (secondary N) is 1. The molecule has 4 nitrogen and oxygen atoms in total. The molecule has 1 N–H and O–H groups in total. The van der Waals surface area contributed by atoms with Crippen LogP contribution in [0.3, 0.4) is 0 Å².